The molecule has 4 nitrogen and oxygen atoms in total. The van der Waals surface area contributed by atoms with Crippen molar-refractivity contribution in [2.24, 2.45) is 5.73 Å². The third-order valence-corrected chi connectivity index (χ3v) is 2.85. The average Bonchev–Trinajstić information content (AvgIpc) is 2.82. The Kier molecular flexibility index (Phi) is 3.99. The Bertz CT molecular complexity index is 632. The van der Waals surface area contributed by atoms with Crippen molar-refractivity contribution < 1.29 is 13.5 Å². The third-order valence-electron chi connectivity index (χ3n) is 2.61. The Morgan fingerprint density at radius 1 is 1.35 bits per heavy atom. The first kappa shape index (κ1) is 14.4. The highest BCUT2D eigenvalue weighted by Crippen LogP contribution is 2.28. The fourth-order valence-electron chi connectivity index (χ4n) is 1.57. The lowest BCUT2D eigenvalue weighted by atomic mass is 10.2. The van der Waals surface area contributed by atoms with Crippen LogP contribution in [0.4, 0.5) is 8.78 Å². The van der Waals surface area contributed by atoms with Crippen LogP contribution in [0.25, 0.3) is 0 Å². The monoisotopic (exact) mass is 297 g/mol. The Morgan fingerprint density at radius 2 is 1.95 bits per heavy atom. The van der Waals surface area contributed by atoms with E-state index in [0.29, 0.717) is 0 Å². The van der Waals surface area contributed by atoms with Gasteiger partial charge in [0.25, 0.3) is 0 Å². The van der Waals surface area contributed by atoms with Crippen LogP contribution in [0.2, 0.25) is 0 Å². The molecule has 0 fully saturated rings. The molecule has 0 saturated carbocycles. The minimum Gasteiger partial charge on any atom is -0.448 e. The Labute approximate surface area is 120 Å². The summed E-state index contributed by atoms with van der Waals surface area (Å²) in [6.45, 7) is 3.85. The van der Waals surface area contributed by atoms with Gasteiger partial charge in [0.05, 0.1) is 12.4 Å². The normalized spacial score (nSPS) is 10.8. The van der Waals surface area contributed by atoms with Crippen LogP contribution in [-0.2, 0) is 0 Å². The molecule has 0 radical (unpaired) electrons. The van der Waals surface area contributed by atoms with E-state index in [1.165, 1.54) is 6.20 Å². The average molecular weight is 297 g/mol. The first-order valence-corrected chi connectivity index (χ1v) is 6.30. The summed E-state index contributed by atoms with van der Waals surface area (Å²) in [5.74, 6) is -2.00. The first-order valence-electron chi connectivity index (χ1n) is 5.89. The maximum atomic E-state index is 13.8. The standard InChI is InChI=1S/C13H13F2N3OS/c1-7(2)18-6-9(5-17-18)19-12-10(14)3-8(13(16)20)4-11(12)15/h3-7H,1-2H3,(H2,16,20). The molecule has 0 bridgehead atoms. The summed E-state index contributed by atoms with van der Waals surface area (Å²) in [6.07, 6.45) is 2.95. The van der Waals surface area contributed by atoms with Crippen molar-refractivity contribution >= 4 is 17.2 Å². The Morgan fingerprint density at radius 3 is 2.40 bits per heavy atom. The van der Waals surface area contributed by atoms with Crippen molar-refractivity contribution in [3.05, 3.63) is 41.7 Å². The van der Waals surface area contributed by atoms with Crippen molar-refractivity contribution in [1.82, 2.24) is 9.78 Å². The lowest BCUT2D eigenvalue weighted by Gasteiger charge is -2.08. The van der Waals surface area contributed by atoms with Crippen LogP contribution in [0, 0.1) is 11.6 Å². The van der Waals surface area contributed by atoms with Crippen LogP contribution in [0.15, 0.2) is 24.5 Å². The molecule has 0 atom stereocenters. The van der Waals surface area contributed by atoms with Gasteiger partial charge in [0.15, 0.2) is 23.1 Å². The summed E-state index contributed by atoms with van der Waals surface area (Å²) >= 11 is 4.68. The van der Waals surface area contributed by atoms with Gasteiger partial charge in [-0.3, -0.25) is 4.68 Å². The molecule has 0 aliphatic carbocycles. The zero-order valence-corrected chi connectivity index (χ0v) is 11.7. The number of benzene rings is 1. The highest BCUT2D eigenvalue weighted by molar-refractivity contribution is 7.80. The third kappa shape index (κ3) is 2.93. The van der Waals surface area contributed by atoms with E-state index >= 15 is 0 Å². The van der Waals surface area contributed by atoms with E-state index in [2.05, 4.69) is 17.3 Å². The lowest BCUT2D eigenvalue weighted by molar-refractivity contribution is 0.406. The minimum atomic E-state index is -0.870. The summed E-state index contributed by atoms with van der Waals surface area (Å²) in [4.78, 5) is -0.0815. The van der Waals surface area contributed by atoms with E-state index in [1.54, 1.807) is 10.9 Å². The fourth-order valence-corrected chi connectivity index (χ4v) is 1.69. The number of ether oxygens (including phenoxy) is 1. The SMILES string of the molecule is CC(C)n1cc(Oc2c(F)cc(C(N)=S)cc2F)cn1. The van der Waals surface area contributed by atoms with E-state index in [4.69, 9.17) is 10.5 Å². The van der Waals surface area contributed by atoms with Crippen molar-refractivity contribution in [2.45, 2.75) is 19.9 Å². The molecule has 106 valence electrons. The number of hydrogen-bond donors (Lipinski definition) is 1. The van der Waals surface area contributed by atoms with Gasteiger partial charge in [-0.15, -0.1) is 0 Å². The van der Waals surface area contributed by atoms with Gasteiger partial charge in [0.1, 0.15) is 4.99 Å². The maximum Gasteiger partial charge on any atom is 0.198 e. The molecule has 1 heterocycles. The van der Waals surface area contributed by atoms with Gasteiger partial charge in [-0.25, -0.2) is 8.78 Å². The first-order chi connectivity index (χ1) is 9.38. The molecule has 2 rings (SSSR count). The largest absolute Gasteiger partial charge is 0.448 e. The Hall–Kier alpha value is -2.02. The number of nitrogens with zero attached hydrogens (tertiary/aromatic N) is 2. The highest BCUT2D eigenvalue weighted by Gasteiger charge is 2.15. The molecule has 1 aromatic heterocycles. The van der Waals surface area contributed by atoms with Crippen molar-refractivity contribution in [1.29, 1.82) is 0 Å². The summed E-state index contributed by atoms with van der Waals surface area (Å²) in [6, 6.07) is 2.19. The number of hydrogen-bond acceptors (Lipinski definition) is 3. The maximum absolute atomic E-state index is 13.8. The van der Waals surface area contributed by atoms with Crippen LogP contribution in [0.5, 0.6) is 11.5 Å². The molecule has 20 heavy (non-hydrogen) atoms. The van der Waals surface area contributed by atoms with Crippen LogP contribution < -0.4 is 10.5 Å². The van der Waals surface area contributed by atoms with Crippen LogP contribution in [0.3, 0.4) is 0 Å². The number of rotatable bonds is 4. The van der Waals surface area contributed by atoms with Gasteiger partial charge in [0.2, 0.25) is 0 Å². The summed E-state index contributed by atoms with van der Waals surface area (Å²) in [5.41, 5.74) is 5.45. The minimum absolute atomic E-state index is 0.0815. The smallest absolute Gasteiger partial charge is 0.198 e. The second-order valence-corrected chi connectivity index (χ2v) is 4.92. The molecule has 0 saturated heterocycles. The van der Waals surface area contributed by atoms with E-state index in [9.17, 15) is 8.78 Å². The number of aromatic nitrogens is 2. The second kappa shape index (κ2) is 5.54. The van der Waals surface area contributed by atoms with Gasteiger partial charge in [0, 0.05) is 11.6 Å². The van der Waals surface area contributed by atoms with E-state index < -0.39 is 17.4 Å². The fraction of sp³-hybridized carbons (Fsp3) is 0.231. The van der Waals surface area contributed by atoms with Crippen molar-refractivity contribution in [3.63, 3.8) is 0 Å². The lowest BCUT2D eigenvalue weighted by Crippen LogP contribution is -2.10. The second-order valence-electron chi connectivity index (χ2n) is 4.49. The van der Waals surface area contributed by atoms with Gasteiger partial charge < -0.3 is 10.5 Å². The van der Waals surface area contributed by atoms with Gasteiger partial charge in [-0.2, -0.15) is 5.10 Å². The molecule has 0 amide bonds. The Balaban J connectivity index is 2.31. The number of nitrogens with two attached hydrogens (primary N) is 1. The molecule has 0 spiro atoms. The summed E-state index contributed by atoms with van der Waals surface area (Å²) < 4.78 is 34.4. The molecule has 2 N–H and O–H groups in total. The van der Waals surface area contributed by atoms with Crippen LogP contribution >= 0.6 is 12.2 Å². The quantitative estimate of drug-likeness (QED) is 0.881. The van der Waals surface area contributed by atoms with Crippen LogP contribution in [-0.4, -0.2) is 14.8 Å². The molecular weight excluding hydrogens is 284 g/mol. The van der Waals surface area contributed by atoms with Gasteiger partial charge in [-0.1, -0.05) is 12.2 Å². The predicted octanol–water partition coefficient (Wildman–Crippen LogP) is 3.17. The predicted molar refractivity (Wildman–Crippen MR) is 74.9 cm³/mol. The highest BCUT2D eigenvalue weighted by atomic mass is 32.1. The van der Waals surface area contributed by atoms with E-state index in [1.807, 2.05) is 13.8 Å². The topological polar surface area (TPSA) is 53.1 Å². The van der Waals surface area contributed by atoms with Crippen molar-refractivity contribution in [3.8, 4) is 11.5 Å². The van der Waals surface area contributed by atoms with Gasteiger partial charge in [-0.05, 0) is 26.0 Å². The molecular formula is C13H13F2N3OS. The molecule has 2 aromatic rings. The zero-order valence-electron chi connectivity index (χ0n) is 10.9. The number of thiocarbonyl (C=S) groups is 1. The number of halogens is 2. The van der Waals surface area contributed by atoms with Gasteiger partial charge >= 0.3 is 0 Å². The molecule has 0 aliphatic heterocycles. The molecule has 0 aliphatic rings. The molecule has 1 aromatic carbocycles. The van der Waals surface area contributed by atoms with E-state index in [-0.39, 0.29) is 22.3 Å². The molecule has 0 unspecified atom stereocenters. The van der Waals surface area contributed by atoms with Crippen LogP contribution in [0.1, 0.15) is 25.5 Å². The summed E-state index contributed by atoms with van der Waals surface area (Å²) in [5, 5.41) is 4.02. The molecule has 7 heteroatoms. The summed E-state index contributed by atoms with van der Waals surface area (Å²) in [7, 11) is 0. The van der Waals surface area contributed by atoms with Crippen molar-refractivity contribution in [2.75, 3.05) is 0 Å². The van der Waals surface area contributed by atoms with E-state index in [0.717, 1.165) is 12.1 Å². The zero-order chi connectivity index (χ0) is 14.9.